The fourth-order valence-corrected chi connectivity index (χ4v) is 1.04. The first-order valence-corrected chi connectivity index (χ1v) is 4.51. The fourth-order valence-electron chi connectivity index (χ4n) is 1.04. The van der Waals surface area contributed by atoms with Gasteiger partial charge in [0.15, 0.2) is 10.3 Å². The maximum absolute atomic E-state index is 10.5. The minimum atomic E-state index is -0.807. The molecule has 0 aliphatic heterocycles. The maximum Gasteiger partial charge on any atom is 0.458 e. The molecule has 19 heavy (non-hydrogen) atoms. The van der Waals surface area contributed by atoms with E-state index >= 15 is 0 Å². The average molecular weight is 272 g/mol. The van der Waals surface area contributed by atoms with Crippen molar-refractivity contribution in [2.24, 2.45) is 0 Å². The van der Waals surface area contributed by atoms with Crippen LogP contribution in [0.2, 0.25) is 0 Å². The van der Waals surface area contributed by atoms with E-state index in [4.69, 9.17) is 0 Å². The number of nitro groups is 2. The molecule has 2 heterocycles. The quantitative estimate of drug-likeness (QED) is 0.399. The van der Waals surface area contributed by atoms with Gasteiger partial charge in [-0.1, -0.05) is 0 Å². The Hall–Kier alpha value is -3.32. The molecular weight excluding hydrogens is 268 g/mol. The predicted molar refractivity (Wildman–Crippen MR) is 54.0 cm³/mol. The van der Waals surface area contributed by atoms with Crippen molar-refractivity contribution in [2.45, 2.75) is 0 Å². The molecule has 0 fully saturated rings. The van der Waals surface area contributed by atoms with E-state index < -0.39 is 21.5 Å². The zero-order valence-corrected chi connectivity index (χ0v) is 8.84. The van der Waals surface area contributed by atoms with Crippen molar-refractivity contribution in [3.63, 3.8) is 0 Å². The summed E-state index contributed by atoms with van der Waals surface area (Å²) in [6.45, 7) is -0.176. The van der Waals surface area contributed by atoms with Gasteiger partial charge in [-0.15, -0.1) is 9.26 Å². The Morgan fingerprint density at radius 2 is 1.32 bits per heavy atom. The van der Waals surface area contributed by atoms with Crippen LogP contribution >= 0.6 is 0 Å². The number of anilines is 2. The van der Waals surface area contributed by atoms with Gasteiger partial charge in [-0.2, -0.15) is 0 Å². The van der Waals surface area contributed by atoms with Crippen LogP contribution in [0.1, 0.15) is 0 Å². The first-order valence-electron chi connectivity index (χ1n) is 4.51. The van der Waals surface area contributed by atoms with Crippen LogP contribution < -0.4 is 10.6 Å². The number of hydrogen-bond acceptors (Lipinski definition) is 12. The molecule has 0 radical (unpaired) electrons. The van der Waals surface area contributed by atoms with Gasteiger partial charge in [-0.25, -0.2) is 0 Å². The van der Waals surface area contributed by atoms with E-state index in [2.05, 4.69) is 40.5 Å². The van der Waals surface area contributed by atoms with Gasteiger partial charge in [-0.05, 0) is 9.85 Å². The molecule has 2 aromatic heterocycles. The summed E-state index contributed by atoms with van der Waals surface area (Å²) in [5, 5.41) is 38.4. The maximum atomic E-state index is 10.5. The van der Waals surface area contributed by atoms with Crippen LogP contribution in [0.25, 0.3) is 0 Å². The molecule has 2 rings (SSSR count). The Kier molecular flexibility index (Phi) is 3.13. The minimum Gasteiger partial charge on any atom is -0.358 e. The number of nitrogens with one attached hydrogen (secondary N) is 2. The Morgan fingerprint density at radius 1 is 0.895 bits per heavy atom. The van der Waals surface area contributed by atoms with Crippen LogP contribution in [0.4, 0.5) is 23.3 Å². The molecule has 0 atom stereocenters. The molecule has 100 valence electrons. The van der Waals surface area contributed by atoms with E-state index in [1.54, 1.807) is 0 Å². The third-order valence-electron chi connectivity index (χ3n) is 1.80. The van der Waals surface area contributed by atoms with Crippen molar-refractivity contribution >= 4 is 23.3 Å². The first kappa shape index (κ1) is 12.1. The average Bonchev–Trinajstić information content (AvgIpc) is 2.96. The van der Waals surface area contributed by atoms with Gasteiger partial charge < -0.3 is 30.9 Å². The van der Waals surface area contributed by atoms with Crippen molar-refractivity contribution in [1.29, 1.82) is 0 Å². The molecule has 2 N–H and O–H groups in total. The normalized spacial score (nSPS) is 10.1. The fraction of sp³-hybridized carbons (Fsp3) is 0.200. The summed E-state index contributed by atoms with van der Waals surface area (Å²) in [6.07, 6.45) is 0. The van der Waals surface area contributed by atoms with Gasteiger partial charge >= 0.3 is 11.6 Å². The molecule has 14 heteroatoms. The highest BCUT2D eigenvalue weighted by Gasteiger charge is 2.24. The van der Waals surface area contributed by atoms with Gasteiger partial charge in [-0.3, -0.25) is 0 Å². The molecule has 2 aromatic rings. The van der Waals surface area contributed by atoms with E-state index in [1.165, 1.54) is 0 Å². The highest BCUT2D eigenvalue weighted by Crippen LogP contribution is 2.19. The largest absolute Gasteiger partial charge is 0.458 e. The van der Waals surface area contributed by atoms with Crippen LogP contribution in [-0.4, -0.2) is 37.1 Å². The second-order valence-corrected chi connectivity index (χ2v) is 2.92. The molecule has 0 unspecified atom stereocenters. The monoisotopic (exact) mass is 272 g/mol. The van der Waals surface area contributed by atoms with E-state index in [0.29, 0.717) is 0 Å². The number of nitrogens with zero attached hydrogens (tertiary/aromatic N) is 6. The predicted octanol–water partition coefficient (Wildman–Crippen LogP) is -0.250. The molecule has 0 aliphatic rings. The first-order chi connectivity index (χ1) is 9.09. The van der Waals surface area contributed by atoms with Gasteiger partial charge in [0, 0.05) is 10.3 Å². The number of rotatable bonds is 6. The standard InChI is InChI=1S/C5H4N8O6/c14-12(15)4-2(8-18-10-4)6-1-7-3-5(13(16)17)11-19-9-3/h1H2,(H,6,8)(H,7,9). The third kappa shape index (κ3) is 2.51. The van der Waals surface area contributed by atoms with Crippen LogP contribution in [-0.2, 0) is 0 Å². The van der Waals surface area contributed by atoms with Crippen molar-refractivity contribution < 1.29 is 19.1 Å². The highest BCUT2D eigenvalue weighted by atomic mass is 16.6. The molecule has 0 saturated heterocycles. The Balaban J connectivity index is 1.97. The summed E-state index contributed by atoms with van der Waals surface area (Å²) in [4.78, 5) is 19.3. The van der Waals surface area contributed by atoms with Crippen LogP contribution in [0.3, 0.4) is 0 Å². The Labute approximate surface area is 102 Å². The summed E-state index contributed by atoms with van der Waals surface area (Å²) in [5.74, 6) is -1.71. The molecule has 0 amide bonds. The topological polar surface area (TPSA) is 188 Å². The third-order valence-corrected chi connectivity index (χ3v) is 1.80. The van der Waals surface area contributed by atoms with E-state index in [1.807, 2.05) is 0 Å². The lowest BCUT2D eigenvalue weighted by Gasteiger charge is -2.01. The molecule has 0 aromatic carbocycles. The molecule has 0 bridgehead atoms. The summed E-state index contributed by atoms with van der Waals surface area (Å²) >= 11 is 0. The summed E-state index contributed by atoms with van der Waals surface area (Å²) in [6, 6.07) is 0. The smallest absolute Gasteiger partial charge is 0.358 e. The summed E-state index contributed by atoms with van der Waals surface area (Å²) in [5.41, 5.74) is 0. The Morgan fingerprint density at radius 3 is 1.68 bits per heavy atom. The van der Waals surface area contributed by atoms with E-state index in [0.717, 1.165) is 0 Å². The second kappa shape index (κ2) is 4.90. The lowest BCUT2D eigenvalue weighted by Crippen LogP contribution is -2.14. The van der Waals surface area contributed by atoms with E-state index in [-0.39, 0.29) is 18.3 Å². The van der Waals surface area contributed by atoms with Gasteiger partial charge in [0.05, 0.1) is 6.67 Å². The molecule has 0 aliphatic carbocycles. The van der Waals surface area contributed by atoms with Gasteiger partial charge in [0.1, 0.15) is 0 Å². The second-order valence-electron chi connectivity index (χ2n) is 2.92. The van der Waals surface area contributed by atoms with Crippen molar-refractivity contribution in [3.8, 4) is 0 Å². The van der Waals surface area contributed by atoms with Crippen molar-refractivity contribution in [3.05, 3.63) is 20.2 Å². The Bertz CT molecular complexity index is 552. The summed E-state index contributed by atoms with van der Waals surface area (Å²) in [7, 11) is 0. The molecule has 14 nitrogen and oxygen atoms in total. The van der Waals surface area contributed by atoms with Crippen molar-refractivity contribution in [1.82, 2.24) is 20.6 Å². The molecule has 0 spiro atoms. The summed E-state index contributed by atoms with van der Waals surface area (Å²) < 4.78 is 8.34. The minimum absolute atomic E-state index is 0.176. The lowest BCUT2D eigenvalue weighted by atomic mass is 10.6. The number of aromatic nitrogens is 4. The van der Waals surface area contributed by atoms with Gasteiger partial charge in [0.25, 0.3) is 11.6 Å². The zero-order chi connectivity index (χ0) is 13.8. The highest BCUT2D eigenvalue weighted by molar-refractivity contribution is 5.52. The SMILES string of the molecule is O=[N+]([O-])c1nonc1NCNc1nonc1[N+](=O)[O-]. The number of hydrogen-bond donors (Lipinski definition) is 2. The zero-order valence-electron chi connectivity index (χ0n) is 8.84. The van der Waals surface area contributed by atoms with Crippen LogP contribution in [0.5, 0.6) is 0 Å². The van der Waals surface area contributed by atoms with Crippen molar-refractivity contribution in [2.75, 3.05) is 17.3 Å². The molecule has 0 saturated carbocycles. The molecular formula is C5H4N8O6. The van der Waals surface area contributed by atoms with Crippen LogP contribution in [0.15, 0.2) is 9.26 Å². The van der Waals surface area contributed by atoms with Gasteiger partial charge in [0.2, 0.25) is 0 Å². The van der Waals surface area contributed by atoms with E-state index in [9.17, 15) is 20.2 Å². The van der Waals surface area contributed by atoms with Crippen LogP contribution in [0, 0.1) is 20.2 Å². The lowest BCUT2D eigenvalue weighted by molar-refractivity contribution is -0.390.